The van der Waals surface area contributed by atoms with E-state index in [-0.39, 0.29) is 29.9 Å². The molecule has 1 saturated carbocycles. The molecule has 1 aliphatic heterocycles. The smallest absolute Gasteiger partial charge is 0.191 e. The number of rotatable bonds is 5. The highest BCUT2D eigenvalue weighted by Crippen LogP contribution is 2.29. The molecule has 24 heavy (non-hydrogen) atoms. The number of nitrogens with zero attached hydrogens (tertiary/aromatic N) is 1. The van der Waals surface area contributed by atoms with Crippen molar-refractivity contribution in [3.63, 3.8) is 0 Å². The largest absolute Gasteiger partial charge is 0.356 e. The lowest BCUT2D eigenvalue weighted by Crippen LogP contribution is -2.46. The van der Waals surface area contributed by atoms with E-state index in [1.54, 1.807) is 0 Å². The van der Waals surface area contributed by atoms with Crippen LogP contribution >= 0.6 is 24.0 Å². The molecule has 142 valence electrons. The average Bonchev–Trinajstić information content (AvgIpc) is 2.85. The second-order valence-electron chi connectivity index (χ2n) is 7.49. The number of hydrogen-bond donors (Lipinski definition) is 2. The molecular weight excluding hydrogens is 437 g/mol. The van der Waals surface area contributed by atoms with Crippen LogP contribution in [0.4, 0.5) is 0 Å². The van der Waals surface area contributed by atoms with Crippen molar-refractivity contribution >= 4 is 39.8 Å². The summed E-state index contributed by atoms with van der Waals surface area (Å²) in [5, 5.41) is 6.95. The molecule has 1 aliphatic carbocycles. The van der Waals surface area contributed by atoms with Gasteiger partial charge in [0.15, 0.2) is 15.8 Å². The lowest BCUT2D eigenvalue weighted by Gasteiger charge is -2.33. The molecule has 2 aliphatic rings. The minimum atomic E-state index is -2.81. The number of halogens is 1. The molecule has 5 nitrogen and oxygen atoms in total. The predicted molar refractivity (Wildman–Crippen MR) is 112 cm³/mol. The van der Waals surface area contributed by atoms with Crippen LogP contribution in [-0.2, 0) is 9.84 Å². The molecule has 4 unspecified atom stereocenters. The first kappa shape index (κ1) is 22.0. The summed E-state index contributed by atoms with van der Waals surface area (Å²) < 4.78 is 23.1. The SMILES string of the molecule is CCCNC(=NCC1CCS(=O)(=O)C1)NC1CCC(C)C(C)C1.I. The highest BCUT2D eigenvalue weighted by molar-refractivity contribution is 14.0. The Morgan fingerprint density at radius 1 is 1.17 bits per heavy atom. The maximum absolute atomic E-state index is 11.6. The monoisotopic (exact) mass is 471 g/mol. The van der Waals surface area contributed by atoms with Gasteiger partial charge in [0.25, 0.3) is 0 Å². The first-order chi connectivity index (χ1) is 10.9. The van der Waals surface area contributed by atoms with E-state index in [0.29, 0.717) is 24.1 Å². The standard InChI is InChI=1S/C17H33N3O2S.HI/c1-4-8-18-17(19-11-15-7-9-23(21,22)12-15)20-16-6-5-13(2)14(3)10-16;/h13-16H,4-12H2,1-3H3,(H2,18,19,20);1H. The fraction of sp³-hybridized carbons (Fsp3) is 0.941. The van der Waals surface area contributed by atoms with Gasteiger partial charge in [0, 0.05) is 19.1 Å². The van der Waals surface area contributed by atoms with Crippen molar-refractivity contribution in [2.24, 2.45) is 22.7 Å². The van der Waals surface area contributed by atoms with E-state index >= 15 is 0 Å². The van der Waals surface area contributed by atoms with E-state index in [4.69, 9.17) is 0 Å². The van der Waals surface area contributed by atoms with Crippen LogP contribution in [0.1, 0.15) is 52.9 Å². The van der Waals surface area contributed by atoms with Crippen LogP contribution in [-0.4, -0.2) is 45.0 Å². The summed E-state index contributed by atoms with van der Waals surface area (Å²) >= 11 is 0. The molecule has 1 saturated heterocycles. The van der Waals surface area contributed by atoms with Gasteiger partial charge in [-0.3, -0.25) is 4.99 Å². The molecule has 2 N–H and O–H groups in total. The molecule has 0 aromatic heterocycles. The van der Waals surface area contributed by atoms with E-state index in [0.717, 1.165) is 37.2 Å². The Hall–Kier alpha value is -0.0500. The summed E-state index contributed by atoms with van der Waals surface area (Å²) in [5.41, 5.74) is 0. The van der Waals surface area contributed by atoms with Crippen LogP contribution in [0, 0.1) is 17.8 Å². The number of sulfone groups is 1. The van der Waals surface area contributed by atoms with E-state index in [1.807, 2.05) is 0 Å². The highest BCUT2D eigenvalue weighted by Gasteiger charge is 2.28. The Kier molecular flexibility index (Phi) is 9.33. The molecule has 0 spiro atoms. The normalized spacial score (nSPS) is 32.9. The second-order valence-corrected chi connectivity index (χ2v) is 9.72. The lowest BCUT2D eigenvalue weighted by molar-refractivity contribution is 0.239. The van der Waals surface area contributed by atoms with Crippen molar-refractivity contribution in [2.45, 2.75) is 58.9 Å². The van der Waals surface area contributed by atoms with Crippen LogP contribution < -0.4 is 10.6 Å². The molecule has 4 atom stereocenters. The molecule has 0 radical (unpaired) electrons. The summed E-state index contributed by atoms with van der Waals surface area (Å²) in [7, 11) is -2.81. The molecule has 0 aromatic carbocycles. The minimum absolute atomic E-state index is 0. The molecular formula is C17H34IN3O2S. The number of hydrogen-bond acceptors (Lipinski definition) is 3. The van der Waals surface area contributed by atoms with Crippen molar-refractivity contribution in [2.75, 3.05) is 24.6 Å². The quantitative estimate of drug-likeness (QED) is 0.368. The predicted octanol–water partition coefficient (Wildman–Crippen LogP) is 2.81. The number of nitrogens with one attached hydrogen (secondary N) is 2. The summed E-state index contributed by atoms with van der Waals surface area (Å²) in [5.74, 6) is 3.23. The molecule has 7 heteroatoms. The average molecular weight is 471 g/mol. The van der Waals surface area contributed by atoms with Crippen molar-refractivity contribution in [1.29, 1.82) is 0 Å². The van der Waals surface area contributed by atoms with Crippen molar-refractivity contribution in [1.82, 2.24) is 10.6 Å². The van der Waals surface area contributed by atoms with Gasteiger partial charge in [0.05, 0.1) is 11.5 Å². The van der Waals surface area contributed by atoms with Gasteiger partial charge >= 0.3 is 0 Å². The third kappa shape index (κ3) is 7.06. The Morgan fingerprint density at radius 2 is 1.92 bits per heavy atom. The topological polar surface area (TPSA) is 70.6 Å². The summed E-state index contributed by atoms with van der Waals surface area (Å²) in [4.78, 5) is 4.68. The third-order valence-electron chi connectivity index (χ3n) is 5.32. The number of guanidine groups is 1. The first-order valence-corrected chi connectivity index (χ1v) is 11.0. The summed E-state index contributed by atoms with van der Waals surface area (Å²) in [6.07, 6.45) is 5.45. The fourth-order valence-electron chi connectivity index (χ4n) is 3.50. The minimum Gasteiger partial charge on any atom is -0.356 e. The van der Waals surface area contributed by atoms with Gasteiger partial charge in [-0.1, -0.05) is 20.8 Å². The van der Waals surface area contributed by atoms with Gasteiger partial charge in [0.2, 0.25) is 0 Å². The number of aliphatic imine (C=N–C) groups is 1. The van der Waals surface area contributed by atoms with Crippen LogP contribution in [0.5, 0.6) is 0 Å². The Balaban J connectivity index is 0.00000288. The van der Waals surface area contributed by atoms with Crippen LogP contribution in [0.15, 0.2) is 4.99 Å². The van der Waals surface area contributed by atoms with Gasteiger partial charge in [0.1, 0.15) is 0 Å². The zero-order chi connectivity index (χ0) is 16.9. The molecule has 0 amide bonds. The van der Waals surface area contributed by atoms with E-state index < -0.39 is 9.84 Å². The maximum atomic E-state index is 11.6. The molecule has 2 rings (SSSR count). The molecule has 2 fully saturated rings. The molecule has 0 bridgehead atoms. The van der Waals surface area contributed by atoms with Gasteiger partial charge in [-0.15, -0.1) is 24.0 Å². The van der Waals surface area contributed by atoms with Gasteiger partial charge in [-0.05, 0) is 49.9 Å². The van der Waals surface area contributed by atoms with Crippen LogP contribution in [0.2, 0.25) is 0 Å². The van der Waals surface area contributed by atoms with Gasteiger partial charge < -0.3 is 10.6 Å². The van der Waals surface area contributed by atoms with E-state index in [1.165, 1.54) is 19.3 Å². The zero-order valence-corrected chi connectivity index (χ0v) is 18.4. The maximum Gasteiger partial charge on any atom is 0.191 e. The van der Waals surface area contributed by atoms with Gasteiger partial charge in [-0.2, -0.15) is 0 Å². The second kappa shape index (κ2) is 10.2. The fourth-order valence-corrected chi connectivity index (χ4v) is 5.35. The Labute approximate surface area is 164 Å². The zero-order valence-electron chi connectivity index (χ0n) is 15.3. The van der Waals surface area contributed by atoms with Crippen LogP contribution in [0.25, 0.3) is 0 Å². The third-order valence-corrected chi connectivity index (χ3v) is 7.15. The Bertz CT molecular complexity index is 510. The van der Waals surface area contributed by atoms with E-state index in [2.05, 4.69) is 36.4 Å². The van der Waals surface area contributed by atoms with Crippen molar-refractivity contribution < 1.29 is 8.42 Å². The summed E-state index contributed by atoms with van der Waals surface area (Å²) in [6, 6.07) is 0.483. The molecule has 1 heterocycles. The van der Waals surface area contributed by atoms with Crippen molar-refractivity contribution in [3.05, 3.63) is 0 Å². The summed E-state index contributed by atoms with van der Waals surface area (Å²) in [6.45, 7) is 8.31. The van der Waals surface area contributed by atoms with Crippen LogP contribution in [0.3, 0.4) is 0 Å². The van der Waals surface area contributed by atoms with Crippen molar-refractivity contribution in [3.8, 4) is 0 Å². The highest BCUT2D eigenvalue weighted by atomic mass is 127. The molecule has 0 aromatic rings. The first-order valence-electron chi connectivity index (χ1n) is 9.15. The Morgan fingerprint density at radius 3 is 2.50 bits per heavy atom. The van der Waals surface area contributed by atoms with E-state index in [9.17, 15) is 8.42 Å². The lowest BCUT2D eigenvalue weighted by atomic mass is 9.79. The van der Waals surface area contributed by atoms with Gasteiger partial charge in [-0.25, -0.2) is 8.42 Å².